The van der Waals surface area contributed by atoms with Gasteiger partial charge in [0.05, 0.1) is 16.9 Å². The Kier molecular flexibility index (Phi) is 4.80. The number of rotatable bonds is 4. The van der Waals surface area contributed by atoms with Crippen LogP contribution in [0.5, 0.6) is 0 Å². The molecule has 1 aliphatic heterocycles. The third-order valence-corrected chi connectivity index (χ3v) is 3.84. The largest absolute Gasteiger partial charge is 0.388 e. The fourth-order valence-electron chi connectivity index (χ4n) is 2.57. The monoisotopic (exact) mass is 293 g/mol. The van der Waals surface area contributed by atoms with Crippen molar-refractivity contribution < 1.29 is 14.6 Å². The number of aliphatic hydroxyl groups is 1. The van der Waals surface area contributed by atoms with E-state index in [0.717, 1.165) is 11.4 Å². The Morgan fingerprint density at radius 3 is 2.81 bits per heavy atom. The lowest BCUT2D eigenvalue weighted by atomic mass is 9.93. The second-order valence-corrected chi connectivity index (χ2v) is 5.62. The lowest BCUT2D eigenvalue weighted by Crippen LogP contribution is -2.47. The average Bonchev–Trinajstić information content (AvgIpc) is 2.46. The van der Waals surface area contributed by atoms with Gasteiger partial charge >= 0.3 is 0 Å². The quantitative estimate of drug-likeness (QED) is 0.868. The SMILES string of the molecule is CNc1cc(C)ncc1C(=O)N(C)CC1(O)CCOCC1. The summed E-state index contributed by atoms with van der Waals surface area (Å²) in [6.45, 7) is 3.24. The minimum atomic E-state index is -0.861. The second kappa shape index (κ2) is 6.41. The molecule has 21 heavy (non-hydrogen) atoms. The van der Waals surface area contributed by atoms with E-state index in [1.54, 1.807) is 25.2 Å². The highest BCUT2D eigenvalue weighted by molar-refractivity contribution is 5.99. The number of hydrogen-bond acceptors (Lipinski definition) is 5. The molecule has 1 saturated heterocycles. The number of pyridine rings is 1. The third kappa shape index (κ3) is 3.71. The summed E-state index contributed by atoms with van der Waals surface area (Å²) in [6.07, 6.45) is 2.68. The number of aryl methyl sites for hydroxylation is 1. The van der Waals surface area contributed by atoms with Gasteiger partial charge < -0.3 is 20.1 Å². The zero-order chi connectivity index (χ0) is 15.5. The number of nitrogens with one attached hydrogen (secondary N) is 1. The maximum absolute atomic E-state index is 12.6. The molecule has 6 nitrogen and oxygen atoms in total. The maximum Gasteiger partial charge on any atom is 0.257 e. The molecule has 1 amide bonds. The molecule has 0 unspecified atom stereocenters. The summed E-state index contributed by atoms with van der Waals surface area (Å²) in [5, 5.41) is 13.5. The Labute approximate surface area is 125 Å². The molecule has 1 fully saturated rings. The molecular formula is C15H23N3O3. The van der Waals surface area contributed by atoms with Gasteiger partial charge in [-0.15, -0.1) is 0 Å². The lowest BCUT2D eigenvalue weighted by Gasteiger charge is -2.35. The van der Waals surface area contributed by atoms with Crippen LogP contribution in [-0.4, -0.2) is 60.4 Å². The van der Waals surface area contributed by atoms with Crippen molar-refractivity contribution in [3.05, 3.63) is 23.5 Å². The average molecular weight is 293 g/mol. The molecule has 0 spiro atoms. The zero-order valence-electron chi connectivity index (χ0n) is 12.8. The van der Waals surface area contributed by atoms with Crippen LogP contribution in [0, 0.1) is 6.92 Å². The molecular weight excluding hydrogens is 270 g/mol. The van der Waals surface area contributed by atoms with E-state index in [1.165, 1.54) is 0 Å². The standard InChI is InChI=1S/C15H23N3O3/c1-11-8-13(16-2)12(9-17-11)14(19)18(3)10-15(20)4-6-21-7-5-15/h8-9,20H,4-7,10H2,1-3H3,(H,16,17). The van der Waals surface area contributed by atoms with Gasteiger partial charge in [0.1, 0.15) is 0 Å². The molecule has 1 aliphatic rings. The fraction of sp³-hybridized carbons (Fsp3) is 0.600. The second-order valence-electron chi connectivity index (χ2n) is 5.62. The summed E-state index contributed by atoms with van der Waals surface area (Å²) in [4.78, 5) is 18.3. The van der Waals surface area contributed by atoms with E-state index in [9.17, 15) is 9.90 Å². The molecule has 1 aromatic rings. The van der Waals surface area contributed by atoms with E-state index in [4.69, 9.17) is 4.74 Å². The van der Waals surface area contributed by atoms with Crippen LogP contribution >= 0.6 is 0 Å². The highest BCUT2D eigenvalue weighted by atomic mass is 16.5. The van der Waals surface area contributed by atoms with Crippen molar-refractivity contribution in [2.45, 2.75) is 25.4 Å². The van der Waals surface area contributed by atoms with Crippen molar-refractivity contribution in [1.29, 1.82) is 0 Å². The van der Waals surface area contributed by atoms with Crippen molar-refractivity contribution in [1.82, 2.24) is 9.88 Å². The molecule has 6 heteroatoms. The van der Waals surface area contributed by atoms with Gasteiger partial charge in [-0.3, -0.25) is 9.78 Å². The van der Waals surface area contributed by atoms with Gasteiger partial charge in [0.2, 0.25) is 0 Å². The highest BCUT2D eigenvalue weighted by Gasteiger charge is 2.33. The first-order valence-electron chi connectivity index (χ1n) is 7.15. The molecule has 2 heterocycles. The number of aromatic nitrogens is 1. The molecule has 0 saturated carbocycles. The van der Waals surface area contributed by atoms with Gasteiger partial charge in [-0.05, 0) is 13.0 Å². The highest BCUT2D eigenvalue weighted by Crippen LogP contribution is 2.23. The van der Waals surface area contributed by atoms with E-state index in [-0.39, 0.29) is 5.91 Å². The topological polar surface area (TPSA) is 74.7 Å². The summed E-state index contributed by atoms with van der Waals surface area (Å²) >= 11 is 0. The Hall–Kier alpha value is -1.66. The summed E-state index contributed by atoms with van der Waals surface area (Å²) in [5.74, 6) is -0.147. The van der Waals surface area contributed by atoms with Crippen molar-refractivity contribution in [2.75, 3.05) is 39.2 Å². The van der Waals surface area contributed by atoms with Gasteiger partial charge in [0.15, 0.2) is 0 Å². The fourth-order valence-corrected chi connectivity index (χ4v) is 2.57. The molecule has 1 aromatic heterocycles. The van der Waals surface area contributed by atoms with Crippen molar-refractivity contribution >= 4 is 11.6 Å². The Morgan fingerprint density at radius 1 is 1.52 bits per heavy atom. The van der Waals surface area contributed by atoms with E-state index in [2.05, 4.69) is 10.3 Å². The van der Waals surface area contributed by atoms with Crippen LogP contribution in [0.25, 0.3) is 0 Å². The van der Waals surface area contributed by atoms with Crippen LogP contribution in [0.3, 0.4) is 0 Å². The van der Waals surface area contributed by atoms with Gasteiger partial charge in [0, 0.05) is 58.6 Å². The van der Waals surface area contributed by atoms with Crippen LogP contribution in [0.4, 0.5) is 5.69 Å². The van der Waals surface area contributed by atoms with E-state index < -0.39 is 5.60 Å². The van der Waals surface area contributed by atoms with Gasteiger partial charge in [0.25, 0.3) is 5.91 Å². The predicted molar refractivity (Wildman–Crippen MR) is 80.5 cm³/mol. The normalized spacial score (nSPS) is 17.3. The summed E-state index contributed by atoms with van der Waals surface area (Å²) in [5.41, 5.74) is 1.25. The van der Waals surface area contributed by atoms with Crippen LogP contribution in [-0.2, 0) is 4.74 Å². The minimum Gasteiger partial charge on any atom is -0.388 e. The number of ether oxygens (including phenoxy) is 1. The first-order valence-corrected chi connectivity index (χ1v) is 7.15. The first-order chi connectivity index (χ1) is 9.95. The Balaban J connectivity index is 2.12. The molecule has 0 atom stereocenters. The summed E-state index contributed by atoms with van der Waals surface area (Å²) in [6, 6.07) is 1.84. The van der Waals surface area contributed by atoms with E-state index in [1.807, 2.05) is 13.0 Å². The third-order valence-electron chi connectivity index (χ3n) is 3.84. The van der Waals surface area contributed by atoms with E-state index >= 15 is 0 Å². The summed E-state index contributed by atoms with van der Waals surface area (Å²) in [7, 11) is 3.48. The van der Waals surface area contributed by atoms with Crippen molar-refractivity contribution in [3.8, 4) is 0 Å². The minimum absolute atomic E-state index is 0.147. The number of hydrogen-bond donors (Lipinski definition) is 2. The van der Waals surface area contributed by atoms with Crippen LogP contribution in [0.15, 0.2) is 12.3 Å². The molecule has 0 aromatic carbocycles. The van der Waals surface area contributed by atoms with Gasteiger partial charge in [-0.2, -0.15) is 0 Å². The molecule has 2 rings (SSSR count). The van der Waals surface area contributed by atoms with Crippen molar-refractivity contribution in [2.24, 2.45) is 0 Å². The van der Waals surface area contributed by atoms with E-state index in [0.29, 0.717) is 38.2 Å². The number of carbonyl (C=O) groups is 1. The number of carbonyl (C=O) groups excluding carboxylic acids is 1. The molecule has 0 aliphatic carbocycles. The lowest BCUT2D eigenvalue weighted by molar-refractivity contribution is -0.0734. The van der Waals surface area contributed by atoms with Crippen LogP contribution in [0.2, 0.25) is 0 Å². The number of anilines is 1. The van der Waals surface area contributed by atoms with Crippen molar-refractivity contribution in [3.63, 3.8) is 0 Å². The number of amides is 1. The zero-order valence-corrected chi connectivity index (χ0v) is 12.8. The van der Waals surface area contributed by atoms with Crippen LogP contribution < -0.4 is 5.32 Å². The molecule has 2 N–H and O–H groups in total. The van der Waals surface area contributed by atoms with Gasteiger partial charge in [-0.25, -0.2) is 0 Å². The first kappa shape index (κ1) is 15.7. The molecule has 116 valence electrons. The maximum atomic E-state index is 12.6. The molecule has 0 radical (unpaired) electrons. The van der Waals surface area contributed by atoms with Crippen LogP contribution in [0.1, 0.15) is 28.9 Å². The number of likely N-dealkylation sites (N-methyl/N-ethyl adjacent to an activating group) is 1. The smallest absolute Gasteiger partial charge is 0.257 e. The summed E-state index contributed by atoms with van der Waals surface area (Å²) < 4.78 is 5.26. The predicted octanol–water partition coefficient (Wildman–Crippen LogP) is 1.05. The van der Waals surface area contributed by atoms with Gasteiger partial charge in [-0.1, -0.05) is 0 Å². The Bertz CT molecular complexity index is 513. The molecule has 0 bridgehead atoms. The number of nitrogens with zero attached hydrogens (tertiary/aromatic N) is 2. The Morgan fingerprint density at radius 2 is 2.19 bits per heavy atom.